The van der Waals surface area contributed by atoms with E-state index < -0.39 is 0 Å². The van der Waals surface area contributed by atoms with Crippen LogP contribution in [0, 0.1) is 0 Å². The number of anilines is 1. The van der Waals surface area contributed by atoms with Crippen molar-refractivity contribution in [3.63, 3.8) is 0 Å². The lowest BCUT2D eigenvalue weighted by Gasteiger charge is -2.10. The smallest absolute Gasteiger partial charge is 0.160 e. The van der Waals surface area contributed by atoms with Crippen molar-refractivity contribution in [2.45, 2.75) is 13.2 Å². The van der Waals surface area contributed by atoms with Gasteiger partial charge in [0.15, 0.2) is 11.5 Å². The van der Waals surface area contributed by atoms with Crippen molar-refractivity contribution >= 4 is 5.69 Å². The molecule has 0 bridgehead atoms. The Bertz CT molecular complexity index is 569. The molecule has 20 heavy (non-hydrogen) atoms. The van der Waals surface area contributed by atoms with Crippen molar-refractivity contribution in [3.05, 3.63) is 53.6 Å². The molecule has 0 atom stereocenters. The van der Waals surface area contributed by atoms with Gasteiger partial charge in [-0.2, -0.15) is 0 Å². The van der Waals surface area contributed by atoms with Crippen LogP contribution in [-0.2, 0) is 17.9 Å². The Morgan fingerprint density at radius 1 is 1.05 bits per heavy atom. The minimum Gasteiger partial charge on any atom is -0.504 e. The van der Waals surface area contributed by atoms with Gasteiger partial charge in [-0.3, -0.25) is 0 Å². The Kier molecular flexibility index (Phi) is 4.85. The van der Waals surface area contributed by atoms with Gasteiger partial charge >= 0.3 is 0 Å². The van der Waals surface area contributed by atoms with Crippen LogP contribution in [0.1, 0.15) is 11.1 Å². The maximum atomic E-state index is 9.72. The highest BCUT2D eigenvalue weighted by atomic mass is 16.5. The van der Waals surface area contributed by atoms with Gasteiger partial charge in [-0.15, -0.1) is 0 Å². The molecule has 0 aliphatic rings. The molecule has 0 saturated heterocycles. The molecular weight excluding hydrogens is 254 g/mol. The number of rotatable bonds is 6. The normalized spacial score (nSPS) is 10.3. The summed E-state index contributed by atoms with van der Waals surface area (Å²) in [6.07, 6.45) is 0. The Labute approximate surface area is 119 Å². The number of phenols is 1. The van der Waals surface area contributed by atoms with E-state index in [4.69, 9.17) is 9.47 Å². The molecule has 4 heteroatoms. The molecule has 0 aromatic heterocycles. The molecule has 0 unspecified atom stereocenters. The topological polar surface area (TPSA) is 50.7 Å². The third-order valence-electron chi connectivity index (χ3n) is 2.98. The zero-order chi connectivity index (χ0) is 14.4. The van der Waals surface area contributed by atoms with E-state index in [0.29, 0.717) is 18.9 Å². The van der Waals surface area contributed by atoms with Gasteiger partial charge in [-0.1, -0.05) is 24.3 Å². The molecule has 2 rings (SSSR count). The minimum absolute atomic E-state index is 0.130. The van der Waals surface area contributed by atoms with Gasteiger partial charge in [-0.05, 0) is 23.3 Å². The van der Waals surface area contributed by atoms with Crippen LogP contribution in [0.25, 0.3) is 0 Å². The van der Waals surface area contributed by atoms with Gasteiger partial charge in [0.25, 0.3) is 0 Å². The van der Waals surface area contributed by atoms with Crippen LogP contribution in [0.15, 0.2) is 42.5 Å². The molecule has 106 valence electrons. The predicted molar refractivity (Wildman–Crippen MR) is 79.1 cm³/mol. The Morgan fingerprint density at radius 2 is 1.85 bits per heavy atom. The van der Waals surface area contributed by atoms with E-state index in [1.165, 1.54) is 7.11 Å². The van der Waals surface area contributed by atoms with E-state index in [2.05, 4.69) is 17.4 Å². The molecule has 0 spiro atoms. The summed E-state index contributed by atoms with van der Waals surface area (Å²) in [5, 5.41) is 13.0. The van der Waals surface area contributed by atoms with Gasteiger partial charge in [0, 0.05) is 25.4 Å². The molecule has 0 heterocycles. The van der Waals surface area contributed by atoms with Crippen molar-refractivity contribution in [1.29, 1.82) is 0 Å². The van der Waals surface area contributed by atoms with Crippen LogP contribution in [0.3, 0.4) is 0 Å². The SMILES string of the molecule is COCc1cccc(CNc2ccc(OC)c(O)c2)c1. The first-order valence-corrected chi connectivity index (χ1v) is 6.40. The van der Waals surface area contributed by atoms with Gasteiger partial charge in [0.1, 0.15) is 0 Å². The summed E-state index contributed by atoms with van der Waals surface area (Å²) in [7, 11) is 3.22. The van der Waals surface area contributed by atoms with Crippen LogP contribution in [0.4, 0.5) is 5.69 Å². The number of hydrogen-bond acceptors (Lipinski definition) is 4. The first-order chi connectivity index (χ1) is 9.72. The predicted octanol–water partition coefficient (Wildman–Crippen LogP) is 3.16. The van der Waals surface area contributed by atoms with Crippen LogP contribution in [0.2, 0.25) is 0 Å². The van der Waals surface area contributed by atoms with E-state index in [9.17, 15) is 5.11 Å². The van der Waals surface area contributed by atoms with E-state index in [-0.39, 0.29) is 5.75 Å². The van der Waals surface area contributed by atoms with Gasteiger partial charge in [-0.25, -0.2) is 0 Å². The molecule has 2 aromatic rings. The third kappa shape index (κ3) is 3.65. The molecule has 0 aliphatic heterocycles. The first-order valence-electron chi connectivity index (χ1n) is 6.40. The largest absolute Gasteiger partial charge is 0.504 e. The monoisotopic (exact) mass is 273 g/mol. The lowest BCUT2D eigenvalue weighted by atomic mass is 10.1. The number of nitrogens with one attached hydrogen (secondary N) is 1. The summed E-state index contributed by atoms with van der Waals surface area (Å²) in [6, 6.07) is 13.5. The fraction of sp³-hybridized carbons (Fsp3) is 0.250. The van der Waals surface area contributed by atoms with Crippen molar-refractivity contribution < 1.29 is 14.6 Å². The standard InChI is InChI=1S/C16H19NO3/c1-19-11-13-5-3-4-12(8-13)10-17-14-6-7-16(20-2)15(18)9-14/h3-9,17-18H,10-11H2,1-2H3. The van der Waals surface area contributed by atoms with Gasteiger partial charge in [0.05, 0.1) is 13.7 Å². The molecule has 2 N–H and O–H groups in total. The van der Waals surface area contributed by atoms with Crippen LogP contribution < -0.4 is 10.1 Å². The van der Waals surface area contributed by atoms with Crippen LogP contribution in [0.5, 0.6) is 11.5 Å². The maximum Gasteiger partial charge on any atom is 0.160 e. The third-order valence-corrected chi connectivity index (χ3v) is 2.98. The molecule has 0 saturated carbocycles. The highest BCUT2D eigenvalue weighted by Gasteiger charge is 2.02. The number of benzene rings is 2. The van der Waals surface area contributed by atoms with Crippen LogP contribution in [-0.4, -0.2) is 19.3 Å². The Balaban J connectivity index is 2.01. The van der Waals surface area contributed by atoms with E-state index >= 15 is 0 Å². The Morgan fingerprint density at radius 3 is 2.55 bits per heavy atom. The summed E-state index contributed by atoms with van der Waals surface area (Å²) in [5.41, 5.74) is 3.15. The number of phenolic OH excluding ortho intramolecular Hbond substituents is 1. The zero-order valence-corrected chi connectivity index (χ0v) is 11.7. The highest BCUT2D eigenvalue weighted by Crippen LogP contribution is 2.28. The highest BCUT2D eigenvalue weighted by molar-refractivity contribution is 5.54. The zero-order valence-electron chi connectivity index (χ0n) is 11.7. The van der Waals surface area contributed by atoms with Crippen molar-refractivity contribution in [3.8, 4) is 11.5 Å². The summed E-state index contributed by atoms with van der Waals surface area (Å²) in [5.74, 6) is 0.600. The molecular formula is C16H19NO3. The average molecular weight is 273 g/mol. The van der Waals surface area contributed by atoms with E-state index in [0.717, 1.165) is 16.8 Å². The summed E-state index contributed by atoms with van der Waals surface area (Å²) in [6.45, 7) is 1.29. The summed E-state index contributed by atoms with van der Waals surface area (Å²) in [4.78, 5) is 0. The number of hydrogen-bond donors (Lipinski definition) is 2. The molecule has 0 fully saturated rings. The Hall–Kier alpha value is -2.20. The second-order valence-corrected chi connectivity index (χ2v) is 4.49. The average Bonchev–Trinajstić information content (AvgIpc) is 2.46. The molecule has 0 radical (unpaired) electrons. The molecule has 0 amide bonds. The fourth-order valence-corrected chi connectivity index (χ4v) is 2.00. The summed E-state index contributed by atoms with van der Waals surface area (Å²) >= 11 is 0. The fourth-order valence-electron chi connectivity index (χ4n) is 2.00. The lowest BCUT2D eigenvalue weighted by Crippen LogP contribution is -2.00. The van der Waals surface area contributed by atoms with Crippen molar-refractivity contribution in [2.75, 3.05) is 19.5 Å². The van der Waals surface area contributed by atoms with Gasteiger partial charge in [0.2, 0.25) is 0 Å². The molecule has 2 aromatic carbocycles. The first kappa shape index (κ1) is 14.2. The molecule has 0 aliphatic carbocycles. The number of ether oxygens (including phenoxy) is 2. The molecule has 4 nitrogen and oxygen atoms in total. The minimum atomic E-state index is 0.130. The van der Waals surface area contributed by atoms with Crippen molar-refractivity contribution in [1.82, 2.24) is 0 Å². The summed E-state index contributed by atoms with van der Waals surface area (Å²) < 4.78 is 10.1. The number of methoxy groups -OCH3 is 2. The maximum absolute atomic E-state index is 9.72. The van der Waals surface area contributed by atoms with Crippen LogP contribution >= 0.6 is 0 Å². The number of aromatic hydroxyl groups is 1. The quantitative estimate of drug-likeness (QED) is 0.849. The van der Waals surface area contributed by atoms with Crippen molar-refractivity contribution in [2.24, 2.45) is 0 Å². The van der Waals surface area contributed by atoms with E-state index in [1.807, 2.05) is 18.2 Å². The lowest BCUT2D eigenvalue weighted by molar-refractivity contribution is 0.185. The van der Waals surface area contributed by atoms with E-state index in [1.54, 1.807) is 19.2 Å². The second kappa shape index (κ2) is 6.82. The second-order valence-electron chi connectivity index (χ2n) is 4.49. The van der Waals surface area contributed by atoms with Gasteiger partial charge < -0.3 is 19.9 Å².